The second kappa shape index (κ2) is 7.89. The summed E-state index contributed by atoms with van der Waals surface area (Å²) >= 11 is 0. The molecule has 0 unspecified atom stereocenters. The van der Waals surface area contributed by atoms with Gasteiger partial charge in [0.15, 0.2) is 0 Å². The molecule has 0 aromatic heterocycles. The molecule has 0 spiro atoms. The monoisotopic (exact) mass is 414 g/mol. The first-order valence-electron chi connectivity index (χ1n) is 8.84. The van der Waals surface area contributed by atoms with Gasteiger partial charge in [-0.25, -0.2) is 8.42 Å². The van der Waals surface area contributed by atoms with Gasteiger partial charge < -0.3 is 5.32 Å². The molecule has 3 rings (SSSR count). The SMILES string of the molecule is Cc1ccc(C(=O)Nc2ccc([N+](=O)[O-])cc2C#N)cc1N1CCCCS1(=O)=O. The summed E-state index contributed by atoms with van der Waals surface area (Å²) in [4.78, 5) is 22.9. The lowest BCUT2D eigenvalue weighted by Crippen LogP contribution is -2.38. The van der Waals surface area contributed by atoms with Gasteiger partial charge in [-0.2, -0.15) is 5.26 Å². The first kappa shape index (κ1) is 20.3. The van der Waals surface area contributed by atoms with E-state index in [0.29, 0.717) is 18.7 Å². The molecule has 2 aromatic carbocycles. The number of anilines is 2. The molecule has 1 heterocycles. The van der Waals surface area contributed by atoms with Crippen molar-refractivity contribution in [3.05, 3.63) is 63.2 Å². The molecule has 1 amide bonds. The third-order valence-electron chi connectivity index (χ3n) is 4.67. The van der Waals surface area contributed by atoms with Crippen molar-refractivity contribution in [2.24, 2.45) is 0 Å². The molecule has 1 N–H and O–H groups in total. The maximum atomic E-state index is 12.7. The Morgan fingerprint density at radius 3 is 2.66 bits per heavy atom. The van der Waals surface area contributed by atoms with Gasteiger partial charge in [-0.15, -0.1) is 0 Å². The summed E-state index contributed by atoms with van der Waals surface area (Å²) in [7, 11) is -3.43. The standard InChI is InChI=1S/C19H18N4O5S/c1-13-4-5-14(11-18(13)22-8-2-3-9-29(22,27)28)19(24)21-17-7-6-16(23(25)26)10-15(17)12-20/h4-7,10-11H,2-3,8-9H2,1H3,(H,21,24). The Labute approximate surface area is 167 Å². The van der Waals surface area contributed by atoms with E-state index in [-0.39, 0.29) is 28.3 Å². The van der Waals surface area contributed by atoms with Gasteiger partial charge in [0, 0.05) is 24.2 Å². The van der Waals surface area contributed by atoms with E-state index in [2.05, 4.69) is 5.32 Å². The zero-order valence-electron chi connectivity index (χ0n) is 15.6. The lowest BCUT2D eigenvalue weighted by molar-refractivity contribution is -0.384. The van der Waals surface area contributed by atoms with Crippen molar-refractivity contribution in [3.8, 4) is 6.07 Å². The fraction of sp³-hybridized carbons (Fsp3) is 0.263. The maximum absolute atomic E-state index is 12.7. The van der Waals surface area contributed by atoms with Crippen LogP contribution in [-0.2, 0) is 10.0 Å². The van der Waals surface area contributed by atoms with Crippen molar-refractivity contribution >= 4 is 33.0 Å². The molecule has 29 heavy (non-hydrogen) atoms. The Hall–Kier alpha value is -3.45. The highest BCUT2D eigenvalue weighted by atomic mass is 32.2. The summed E-state index contributed by atoms with van der Waals surface area (Å²) in [6, 6.07) is 10.1. The molecule has 10 heteroatoms. The van der Waals surface area contributed by atoms with Crippen molar-refractivity contribution < 1.29 is 18.1 Å². The molecule has 0 radical (unpaired) electrons. The van der Waals surface area contributed by atoms with Crippen LogP contribution in [0.3, 0.4) is 0 Å². The molecule has 1 saturated heterocycles. The summed E-state index contributed by atoms with van der Waals surface area (Å²) in [5, 5.41) is 22.6. The number of hydrogen-bond acceptors (Lipinski definition) is 6. The number of non-ortho nitro benzene ring substituents is 1. The lowest BCUT2D eigenvalue weighted by Gasteiger charge is -2.29. The number of rotatable bonds is 4. The average Bonchev–Trinajstić information content (AvgIpc) is 2.68. The van der Waals surface area contributed by atoms with E-state index >= 15 is 0 Å². The average molecular weight is 414 g/mol. The molecular weight excluding hydrogens is 396 g/mol. The third-order valence-corrected chi connectivity index (χ3v) is 6.53. The number of sulfonamides is 1. The second-order valence-corrected chi connectivity index (χ2v) is 8.66. The third kappa shape index (κ3) is 4.20. The number of carbonyl (C=O) groups is 1. The lowest BCUT2D eigenvalue weighted by atomic mass is 10.1. The molecule has 9 nitrogen and oxygen atoms in total. The predicted octanol–water partition coefficient (Wildman–Crippen LogP) is 2.96. The van der Waals surface area contributed by atoms with Crippen LogP contribution in [0.25, 0.3) is 0 Å². The van der Waals surface area contributed by atoms with Gasteiger partial charge in [0.2, 0.25) is 10.0 Å². The Morgan fingerprint density at radius 2 is 2.00 bits per heavy atom. The van der Waals surface area contributed by atoms with Crippen molar-refractivity contribution in [3.63, 3.8) is 0 Å². The number of aryl methyl sites for hydroxylation is 1. The molecule has 1 aliphatic rings. The summed E-state index contributed by atoms with van der Waals surface area (Å²) in [5.74, 6) is -0.483. The van der Waals surface area contributed by atoms with Crippen LogP contribution in [0.4, 0.5) is 17.1 Å². The van der Waals surface area contributed by atoms with Crippen LogP contribution < -0.4 is 9.62 Å². The largest absolute Gasteiger partial charge is 0.321 e. The predicted molar refractivity (Wildman–Crippen MR) is 107 cm³/mol. The highest BCUT2D eigenvalue weighted by Crippen LogP contribution is 2.29. The highest BCUT2D eigenvalue weighted by Gasteiger charge is 2.27. The first-order valence-corrected chi connectivity index (χ1v) is 10.4. The fourth-order valence-electron chi connectivity index (χ4n) is 3.12. The van der Waals surface area contributed by atoms with Crippen LogP contribution in [0, 0.1) is 28.4 Å². The quantitative estimate of drug-likeness (QED) is 0.604. The first-order chi connectivity index (χ1) is 13.7. The van der Waals surface area contributed by atoms with E-state index in [4.69, 9.17) is 0 Å². The van der Waals surface area contributed by atoms with Gasteiger partial charge >= 0.3 is 0 Å². The van der Waals surface area contributed by atoms with Crippen LogP contribution >= 0.6 is 0 Å². The van der Waals surface area contributed by atoms with Crippen molar-refractivity contribution in [1.29, 1.82) is 5.26 Å². The molecule has 0 bridgehead atoms. The molecular formula is C19H18N4O5S. The van der Waals surface area contributed by atoms with Gasteiger partial charge in [-0.1, -0.05) is 6.07 Å². The summed E-state index contributed by atoms with van der Waals surface area (Å²) in [6.45, 7) is 2.13. The minimum atomic E-state index is -3.43. The van der Waals surface area contributed by atoms with Crippen molar-refractivity contribution in [2.45, 2.75) is 19.8 Å². The van der Waals surface area contributed by atoms with E-state index in [1.807, 2.05) is 6.07 Å². The number of nitro groups is 1. The molecule has 1 fully saturated rings. The molecule has 0 aliphatic carbocycles. The van der Waals surface area contributed by atoms with Crippen LogP contribution in [0.15, 0.2) is 36.4 Å². The molecule has 150 valence electrons. The van der Waals surface area contributed by atoms with Crippen LogP contribution in [0.5, 0.6) is 0 Å². The van der Waals surface area contributed by atoms with Crippen LogP contribution in [-0.4, -0.2) is 31.5 Å². The summed E-state index contributed by atoms with van der Waals surface area (Å²) in [6.07, 6.45) is 1.35. The van der Waals surface area contributed by atoms with Crippen molar-refractivity contribution in [2.75, 3.05) is 21.9 Å². The fourth-order valence-corrected chi connectivity index (χ4v) is 4.81. The topological polar surface area (TPSA) is 133 Å². The van der Waals surface area contributed by atoms with Crippen LogP contribution in [0.2, 0.25) is 0 Å². The Bertz CT molecular complexity index is 1140. The number of nitriles is 1. The second-order valence-electron chi connectivity index (χ2n) is 6.65. The van der Waals surface area contributed by atoms with E-state index in [0.717, 1.165) is 18.1 Å². The minimum absolute atomic E-state index is 0.0431. The summed E-state index contributed by atoms with van der Waals surface area (Å²) < 4.78 is 26.2. The van der Waals surface area contributed by atoms with E-state index in [1.54, 1.807) is 19.1 Å². The van der Waals surface area contributed by atoms with Gasteiger partial charge in [0.05, 0.1) is 27.6 Å². The Kier molecular flexibility index (Phi) is 5.52. The van der Waals surface area contributed by atoms with Gasteiger partial charge in [-0.3, -0.25) is 19.2 Å². The number of nitrogens with one attached hydrogen (secondary N) is 1. The molecule has 1 aliphatic heterocycles. The van der Waals surface area contributed by atoms with Crippen molar-refractivity contribution in [1.82, 2.24) is 0 Å². The number of amides is 1. The number of nitro benzene ring substituents is 1. The number of hydrogen-bond donors (Lipinski definition) is 1. The van der Waals surface area contributed by atoms with Gasteiger partial charge in [0.1, 0.15) is 6.07 Å². The summed E-state index contributed by atoms with van der Waals surface area (Å²) in [5.41, 5.74) is 1.22. The molecule has 2 aromatic rings. The van der Waals surface area contributed by atoms with Crippen LogP contribution in [0.1, 0.15) is 34.3 Å². The number of benzene rings is 2. The smallest absolute Gasteiger partial charge is 0.270 e. The normalized spacial score (nSPS) is 15.4. The van der Waals surface area contributed by atoms with E-state index in [1.165, 1.54) is 22.5 Å². The Balaban J connectivity index is 1.91. The van der Waals surface area contributed by atoms with Gasteiger partial charge in [0.25, 0.3) is 11.6 Å². The maximum Gasteiger partial charge on any atom is 0.270 e. The van der Waals surface area contributed by atoms with E-state index in [9.17, 15) is 28.6 Å². The number of carbonyl (C=O) groups excluding carboxylic acids is 1. The zero-order chi connectivity index (χ0) is 21.2. The highest BCUT2D eigenvalue weighted by molar-refractivity contribution is 7.92. The minimum Gasteiger partial charge on any atom is -0.321 e. The molecule has 0 saturated carbocycles. The zero-order valence-corrected chi connectivity index (χ0v) is 16.4. The molecule has 0 atom stereocenters. The van der Waals surface area contributed by atoms with E-state index < -0.39 is 20.9 Å². The van der Waals surface area contributed by atoms with Gasteiger partial charge in [-0.05, 0) is 43.5 Å². The number of nitrogens with zero attached hydrogens (tertiary/aromatic N) is 3. The Morgan fingerprint density at radius 1 is 1.24 bits per heavy atom.